The van der Waals surface area contributed by atoms with Crippen molar-refractivity contribution in [2.45, 2.75) is 6.92 Å². The number of halogens is 1. The van der Waals surface area contributed by atoms with Crippen LogP contribution in [0.4, 0.5) is 5.69 Å². The van der Waals surface area contributed by atoms with Crippen LogP contribution in [0.25, 0.3) is 6.08 Å². The number of carbonyl (C=O) groups is 1. The standard InChI is InChI=1S/C18H15ClN2O2/c1-12-20-17(11-13-3-9-16(23-2)10-4-13)18(22)21(12)15-7-5-14(19)6-8-15/h3-11H,1-2H3/b17-11-. The van der Waals surface area contributed by atoms with Gasteiger partial charge in [-0.15, -0.1) is 0 Å². The van der Waals surface area contributed by atoms with Crippen molar-refractivity contribution in [1.29, 1.82) is 0 Å². The number of hydrogen-bond acceptors (Lipinski definition) is 3. The Labute approximate surface area is 139 Å². The summed E-state index contributed by atoms with van der Waals surface area (Å²) < 4.78 is 5.13. The van der Waals surface area contributed by atoms with Crippen LogP contribution in [0.2, 0.25) is 5.02 Å². The Kier molecular flexibility index (Phi) is 4.17. The largest absolute Gasteiger partial charge is 0.497 e. The van der Waals surface area contributed by atoms with E-state index in [0.29, 0.717) is 16.6 Å². The van der Waals surface area contributed by atoms with Crippen molar-refractivity contribution < 1.29 is 9.53 Å². The number of hydrogen-bond donors (Lipinski definition) is 0. The molecule has 116 valence electrons. The first-order valence-corrected chi connectivity index (χ1v) is 7.47. The van der Waals surface area contributed by atoms with Crippen LogP contribution in [0.15, 0.2) is 59.2 Å². The lowest BCUT2D eigenvalue weighted by molar-refractivity contribution is -0.113. The molecule has 0 aromatic heterocycles. The number of ether oxygens (including phenoxy) is 1. The maximum absolute atomic E-state index is 12.6. The van der Waals surface area contributed by atoms with E-state index in [1.54, 1.807) is 49.3 Å². The van der Waals surface area contributed by atoms with Gasteiger partial charge in [-0.1, -0.05) is 23.7 Å². The molecule has 0 unspecified atom stereocenters. The van der Waals surface area contributed by atoms with Gasteiger partial charge in [-0.3, -0.25) is 9.69 Å². The molecule has 0 spiro atoms. The molecule has 5 heteroatoms. The number of nitrogens with zero attached hydrogens (tertiary/aromatic N) is 2. The lowest BCUT2D eigenvalue weighted by Gasteiger charge is -2.15. The Bertz CT molecular complexity index is 793. The summed E-state index contributed by atoms with van der Waals surface area (Å²) in [6.45, 7) is 1.81. The first kappa shape index (κ1) is 15.3. The summed E-state index contributed by atoms with van der Waals surface area (Å²) in [5.74, 6) is 1.25. The van der Waals surface area contributed by atoms with Gasteiger partial charge in [0.05, 0.1) is 12.8 Å². The van der Waals surface area contributed by atoms with Gasteiger partial charge in [-0.2, -0.15) is 0 Å². The van der Waals surface area contributed by atoms with E-state index >= 15 is 0 Å². The minimum atomic E-state index is -0.152. The highest BCUT2D eigenvalue weighted by Crippen LogP contribution is 2.26. The Morgan fingerprint density at radius 3 is 2.35 bits per heavy atom. The molecule has 1 heterocycles. The number of aliphatic imine (C=N–C) groups is 1. The van der Waals surface area contributed by atoms with E-state index in [1.807, 2.05) is 24.3 Å². The van der Waals surface area contributed by atoms with Crippen LogP contribution in [-0.2, 0) is 4.79 Å². The molecule has 0 aliphatic carbocycles. The van der Waals surface area contributed by atoms with Gasteiger partial charge in [-0.05, 0) is 55.0 Å². The second kappa shape index (κ2) is 6.26. The van der Waals surface area contributed by atoms with Crippen LogP contribution in [0.5, 0.6) is 5.75 Å². The van der Waals surface area contributed by atoms with Gasteiger partial charge in [-0.25, -0.2) is 4.99 Å². The molecule has 0 radical (unpaired) electrons. The predicted molar refractivity (Wildman–Crippen MR) is 93.0 cm³/mol. The summed E-state index contributed by atoms with van der Waals surface area (Å²) in [6.07, 6.45) is 1.77. The van der Waals surface area contributed by atoms with Gasteiger partial charge < -0.3 is 4.74 Å². The topological polar surface area (TPSA) is 41.9 Å². The number of benzene rings is 2. The van der Waals surface area contributed by atoms with Crippen LogP contribution < -0.4 is 9.64 Å². The van der Waals surface area contributed by atoms with E-state index in [1.165, 1.54) is 0 Å². The molecule has 0 atom stereocenters. The average molecular weight is 327 g/mol. The molecular formula is C18H15ClN2O2. The molecule has 1 aliphatic rings. The zero-order valence-corrected chi connectivity index (χ0v) is 13.5. The fourth-order valence-corrected chi connectivity index (χ4v) is 2.51. The number of methoxy groups -OCH3 is 1. The van der Waals surface area contributed by atoms with Crippen molar-refractivity contribution >= 4 is 35.1 Å². The average Bonchev–Trinajstić information content (AvgIpc) is 2.83. The summed E-state index contributed by atoms with van der Waals surface area (Å²) in [7, 11) is 1.62. The van der Waals surface area contributed by atoms with Gasteiger partial charge in [0.2, 0.25) is 0 Å². The molecule has 4 nitrogen and oxygen atoms in total. The monoisotopic (exact) mass is 326 g/mol. The smallest absolute Gasteiger partial charge is 0.282 e. The van der Waals surface area contributed by atoms with E-state index in [9.17, 15) is 4.79 Å². The number of anilines is 1. The van der Waals surface area contributed by atoms with Crippen molar-refractivity contribution in [3.63, 3.8) is 0 Å². The SMILES string of the molecule is COc1ccc(/C=C2\N=C(C)N(c3ccc(Cl)cc3)C2=O)cc1. The fourth-order valence-electron chi connectivity index (χ4n) is 2.38. The lowest BCUT2D eigenvalue weighted by Crippen LogP contribution is -2.30. The predicted octanol–water partition coefficient (Wildman–Crippen LogP) is 4.15. The number of rotatable bonds is 3. The van der Waals surface area contributed by atoms with Crippen LogP contribution >= 0.6 is 11.6 Å². The molecule has 1 amide bonds. The Morgan fingerprint density at radius 2 is 1.74 bits per heavy atom. The minimum absolute atomic E-state index is 0.152. The molecule has 2 aromatic carbocycles. The van der Waals surface area contributed by atoms with Crippen molar-refractivity contribution in [3.8, 4) is 5.75 Å². The Morgan fingerprint density at radius 1 is 1.09 bits per heavy atom. The molecule has 0 saturated heterocycles. The minimum Gasteiger partial charge on any atom is -0.497 e. The Balaban J connectivity index is 1.89. The normalized spacial score (nSPS) is 16.0. The van der Waals surface area contributed by atoms with E-state index in [-0.39, 0.29) is 5.91 Å². The zero-order valence-electron chi connectivity index (χ0n) is 12.8. The quantitative estimate of drug-likeness (QED) is 0.795. The van der Waals surface area contributed by atoms with Crippen LogP contribution in [0.1, 0.15) is 12.5 Å². The van der Waals surface area contributed by atoms with Gasteiger partial charge >= 0.3 is 0 Å². The zero-order chi connectivity index (χ0) is 16.4. The summed E-state index contributed by atoms with van der Waals surface area (Å²) in [5, 5.41) is 0.629. The van der Waals surface area contributed by atoms with E-state index in [0.717, 1.165) is 17.0 Å². The highest BCUT2D eigenvalue weighted by molar-refractivity contribution is 6.31. The molecule has 0 N–H and O–H groups in total. The first-order chi connectivity index (χ1) is 11.1. The maximum atomic E-state index is 12.6. The third-order valence-corrected chi connectivity index (χ3v) is 3.78. The number of amidine groups is 1. The lowest BCUT2D eigenvalue weighted by atomic mass is 10.2. The van der Waals surface area contributed by atoms with Crippen molar-refractivity contribution in [3.05, 3.63) is 64.8 Å². The molecule has 3 rings (SSSR count). The summed E-state index contributed by atoms with van der Waals surface area (Å²) in [4.78, 5) is 18.6. The van der Waals surface area contributed by atoms with Crippen molar-refractivity contribution in [1.82, 2.24) is 0 Å². The number of carbonyl (C=O) groups excluding carboxylic acids is 1. The van der Waals surface area contributed by atoms with Gasteiger partial charge in [0.1, 0.15) is 17.3 Å². The first-order valence-electron chi connectivity index (χ1n) is 7.09. The van der Waals surface area contributed by atoms with Gasteiger partial charge in [0.15, 0.2) is 0 Å². The fraction of sp³-hybridized carbons (Fsp3) is 0.111. The highest BCUT2D eigenvalue weighted by Gasteiger charge is 2.28. The van der Waals surface area contributed by atoms with Crippen molar-refractivity contribution in [2.24, 2.45) is 4.99 Å². The van der Waals surface area contributed by atoms with E-state index < -0.39 is 0 Å². The third kappa shape index (κ3) is 3.12. The molecule has 23 heavy (non-hydrogen) atoms. The summed E-state index contributed by atoms with van der Waals surface area (Å²) in [6, 6.07) is 14.6. The second-order valence-electron chi connectivity index (χ2n) is 5.08. The van der Waals surface area contributed by atoms with Crippen LogP contribution in [0, 0.1) is 0 Å². The molecule has 0 bridgehead atoms. The second-order valence-corrected chi connectivity index (χ2v) is 5.52. The molecule has 0 fully saturated rings. The molecular weight excluding hydrogens is 312 g/mol. The highest BCUT2D eigenvalue weighted by atomic mass is 35.5. The molecule has 2 aromatic rings. The van der Waals surface area contributed by atoms with Crippen LogP contribution in [-0.4, -0.2) is 18.9 Å². The molecule has 1 aliphatic heterocycles. The molecule has 0 saturated carbocycles. The van der Waals surface area contributed by atoms with E-state index in [2.05, 4.69) is 4.99 Å². The number of amides is 1. The summed E-state index contributed by atoms with van der Waals surface area (Å²) in [5.41, 5.74) is 2.05. The third-order valence-electron chi connectivity index (χ3n) is 3.53. The maximum Gasteiger partial charge on any atom is 0.282 e. The van der Waals surface area contributed by atoms with Gasteiger partial charge in [0.25, 0.3) is 5.91 Å². The van der Waals surface area contributed by atoms with E-state index in [4.69, 9.17) is 16.3 Å². The van der Waals surface area contributed by atoms with Gasteiger partial charge in [0, 0.05) is 5.02 Å². The van der Waals surface area contributed by atoms with Crippen molar-refractivity contribution in [2.75, 3.05) is 12.0 Å². The van der Waals surface area contributed by atoms with Crippen LogP contribution in [0.3, 0.4) is 0 Å². The summed E-state index contributed by atoms with van der Waals surface area (Å²) >= 11 is 5.90. The Hall–Kier alpha value is -2.59.